The molecule has 1 aromatic heterocycles. The Bertz CT molecular complexity index is 846. The summed E-state index contributed by atoms with van der Waals surface area (Å²) in [5.74, 6) is 0.723. The molecule has 3 nitrogen and oxygen atoms in total. The quantitative estimate of drug-likeness (QED) is 0.567. The molecule has 4 heteroatoms. The van der Waals surface area contributed by atoms with E-state index in [1.165, 1.54) is 0 Å². The fraction of sp³-hybridized carbons (Fsp3) is 0.150. The van der Waals surface area contributed by atoms with Gasteiger partial charge in [0.05, 0.1) is 6.61 Å². The highest BCUT2D eigenvalue weighted by molar-refractivity contribution is 6.30. The van der Waals surface area contributed by atoms with Crippen LogP contribution in [0.25, 0.3) is 22.6 Å². The number of furan rings is 1. The van der Waals surface area contributed by atoms with E-state index in [0.717, 1.165) is 16.7 Å². The largest absolute Gasteiger partial charge is 0.462 e. The van der Waals surface area contributed by atoms with Gasteiger partial charge in [-0.15, -0.1) is 0 Å². The van der Waals surface area contributed by atoms with Crippen LogP contribution in [-0.4, -0.2) is 12.6 Å². The lowest BCUT2D eigenvalue weighted by Gasteiger charge is -2.03. The van der Waals surface area contributed by atoms with E-state index in [9.17, 15) is 4.79 Å². The Morgan fingerprint density at radius 3 is 2.29 bits per heavy atom. The second-order valence-corrected chi connectivity index (χ2v) is 5.88. The first-order valence-corrected chi connectivity index (χ1v) is 8.10. The van der Waals surface area contributed by atoms with Gasteiger partial charge in [0, 0.05) is 16.1 Å². The molecule has 0 aliphatic heterocycles. The Morgan fingerprint density at radius 2 is 1.67 bits per heavy atom. The van der Waals surface area contributed by atoms with Gasteiger partial charge in [0.25, 0.3) is 0 Å². The third-order valence-electron chi connectivity index (χ3n) is 3.67. The van der Waals surface area contributed by atoms with Crippen LogP contribution in [0.15, 0.2) is 59.0 Å². The first-order chi connectivity index (χ1) is 11.6. The molecule has 0 aliphatic carbocycles. The van der Waals surface area contributed by atoms with Crippen LogP contribution in [0.5, 0.6) is 0 Å². The van der Waals surface area contributed by atoms with Gasteiger partial charge in [-0.3, -0.25) is 0 Å². The Balaban J connectivity index is 2.10. The number of esters is 1. The first-order valence-electron chi connectivity index (χ1n) is 7.72. The van der Waals surface area contributed by atoms with Gasteiger partial charge in [0.15, 0.2) is 0 Å². The lowest BCUT2D eigenvalue weighted by atomic mass is 10.1. The van der Waals surface area contributed by atoms with Crippen molar-refractivity contribution in [1.82, 2.24) is 0 Å². The van der Waals surface area contributed by atoms with Gasteiger partial charge in [0.1, 0.15) is 17.1 Å². The van der Waals surface area contributed by atoms with E-state index in [4.69, 9.17) is 20.8 Å². The average Bonchev–Trinajstić information content (AvgIpc) is 3.02. The monoisotopic (exact) mass is 340 g/mol. The van der Waals surface area contributed by atoms with Crippen LogP contribution in [0.1, 0.15) is 22.8 Å². The summed E-state index contributed by atoms with van der Waals surface area (Å²) < 4.78 is 11.2. The maximum atomic E-state index is 12.3. The van der Waals surface area contributed by atoms with Crippen molar-refractivity contribution in [3.63, 3.8) is 0 Å². The van der Waals surface area contributed by atoms with Crippen LogP contribution in [0.4, 0.5) is 0 Å². The molecule has 0 spiro atoms. The summed E-state index contributed by atoms with van der Waals surface area (Å²) in [6.45, 7) is 4.11. The predicted octanol–water partition coefficient (Wildman–Crippen LogP) is 5.75. The molecule has 0 unspecified atom stereocenters. The number of benzene rings is 2. The Hall–Kier alpha value is -2.52. The molecule has 0 fully saturated rings. The number of halogens is 1. The van der Waals surface area contributed by atoms with Gasteiger partial charge in [-0.2, -0.15) is 0 Å². The van der Waals surface area contributed by atoms with Crippen LogP contribution in [0.3, 0.4) is 0 Å². The zero-order valence-electron chi connectivity index (χ0n) is 13.5. The van der Waals surface area contributed by atoms with E-state index < -0.39 is 5.97 Å². The standard InChI is InChI=1S/C20H17ClO3/c1-3-23-20(22)17-12-18(14-8-10-16(21)11-9-14)24-19(17)15-6-4-13(2)5-7-15/h4-12H,3H2,1-2H3. The van der Waals surface area contributed by atoms with Crippen molar-refractivity contribution in [2.75, 3.05) is 6.61 Å². The van der Waals surface area contributed by atoms with Crippen molar-refractivity contribution < 1.29 is 13.9 Å². The summed E-state index contributed by atoms with van der Waals surface area (Å²) in [6.07, 6.45) is 0. The van der Waals surface area contributed by atoms with Crippen molar-refractivity contribution >= 4 is 17.6 Å². The molecule has 24 heavy (non-hydrogen) atoms. The van der Waals surface area contributed by atoms with Crippen molar-refractivity contribution in [3.05, 3.63) is 70.7 Å². The molecule has 0 bridgehead atoms. The minimum atomic E-state index is -0.392. The fourth-order valence-corrected chi connectivity index (χ4v) is 2.55. The van der Waals surface area contributed by atoms with Crippen LogP contribution in [0.2, 0.25) is 5.02 Å². The molecule has 2 aromatic carbocycles. The van der Waals surface area contributed by atoms with Crippen molar-refractivity contribution in [2.45, 2.75) is 13.8 Å². The van der Waals surface area contributed by atoms with E-state index >= 15 is 0 Å². The van der Waals surface area contributed by atoms with E-state index in [1.807, 2.05) is 43.3 Å². The summed E-state index contributed by atoms with van der Waals surface area (Å²) in [5, 5.41) is 0.648. The number of hydrogen-bond donors (Lipinski definition) is 0. The molecule has 3 rings (SSSR count). The smallest absolute Gasteiger partial charge is 0.342 e. The van der Waals surface area contributed by atoms with Crippen molar-refractivity contribution in [1.29, 1.82) is 0 Å². The minimum absolute atomic E-state index is 0.313. The molecule has 122 valence electrons. The molecular formula is C20H17ClO3. The number of aryl methyl sites for hydroxylation is 1. The van der Waals surface area contributed by atoms with E-state index in [2.05, 4.69) is 0 Å². The molecule has 3 aromatic rings. The van der Waals surface area contributed by atoms with Crippen LogP contribution in [-0.2, 0) is 4.74 Å². The highest BCUT2D eigenvalue weighted by Gasteiger charge is 2.21. The van der Waals surface area contributed by atoms with Gasteiger partial charge >= 0.3 is 5.97 Å². The molecule has 0 amide bonds. The van der Waals surface area contributed by atoms with E-state index in [0.29, 0.717) is 28.7 Å². The van der Waals surface area contributed by atoms with Gasteiger partial charge in [-0.25, -0.2) is 4.79 Å². The number of ether oxygens (including phenoxy) is 1. The molecule has 0 saturated heterocycles. The van der Waals surface area contributed by atoms with E-state index in [1.54, 1.807) is 25.1 Å². The second kappa shape index (κ2) is 6.93. The summed E-state index contributed by atoms with van der Waals surface area (Å²) in [4.78, 5) is 12.3. The summed E-state index contributed by atoms with van der Waals surface area (Å²) in [5.41, 5.74) is 3.25. The van der Waals surface area contributed by atoms with Crippen LogP contribution < -0.4 is 0 Å². The van der Waals surface area contributed by atoms with Crippen LogP contribution >= 0.6 is 11.6 Å². The maximum Gasteiger partial charge on any atom is 0.342 e. The topological polar surface area (TPSA) is 39.4 Å². The first kappa shape index (κ1) is 16.3. The van der Waals surface area contributed by atoms with E-state index in [-0.39, 0.29) is 0 Å². The van der Waals surface area contributed by atoms with Gasteiger partial charge in [-0.05, 0) is 44.2 Å². The SMILES string of the molecule is CCOC(=O)c1cc(-c2ccc(Cl)cc2)oc1-c1ccc(C)cc1. The lowest BCUT2D eigenvalue weighted by molar-refractivity contribution is 0.0527. The predicted molar refractivity (Wildman–Crippen MR) is 95.3 cm³/mol. The Kier molecular flexibility index (Phi) is 4.72. The van der Waals surface area contributed by atoms with Gasteiger partial charge in [-0.1, -0.05) is 41.4 Å². The van der Waals surface area contributed by atoms with Gasteiger partial charge in [0.2, 0.25) is 0 Å². The zero-order valence-corrected chi connectivity index (χ0v) is 14.3. The maximum absolute atomic E-state index is 12.3. The fourth-order valence-electron chi connectivity index (χ4n) is 2.43. The molecule has 0 saturated carbocycles. The summed E-state index contributed by atoms with van der Waals surface area (Å²) >= 11 is 5.93. The van der Waals surface area contributed by atoms with Crippen LogP contribution in [0, 0.1) is 6.92 Å². The minimum Gasteiger partial charge on any atom is -0.462 e. The Morgan fingerprint density at radius 1 is 1.04 bits per heavy atom. The molecule has 0 aliphatic rings. The molecule has 0 radical (unpaired) electrons. The Labute approximate surface area is 145 Å². The number of hydrogen-bond acceptors (Lipinski definition) is 3. The highest BCUT2D eigenvalue weighted by atomic mass is 35.5. The third-order valence-corrected chi connectivity index (χ3v) is 3.92. The van der Waals surface area contributed by atoms with Crippen molar-refractivity contribution in [3.8, 4) is 22.6 Å². The normalized spacial score (nSPS) is 10.6. The second-order valence-electron chi connectivity index (χ2n) is 5.45. The number of carbonyl (C=O) groups excluding carboxylic acids is 1. The van der Waals surface area contributed by atoms with Crippen molar-refractivity contribution in [2.24, 2.45) is 0 Å². The third kappa shape index (κ3) is 3.36. The highest BCUT2D eigenvalue weighted by Crippen LogP contribution is 2.33. The average molecular weight is 341 g/mol. The van der Waals surface area contributed by atoms with Gasteiger partial charge < -0.3 is 9.15 Å². The number of carbonyl (C=O) groups is 1. The summed E-state index contributed by atoms with van der Waals surface area (Å²) in [7, 11) is 0. The molecule has 1 heterocycles. The summed E-state index contributed by atoms with van der Waals surface area (Å²) in [6, 6.07) is 16.8. The number of rotatable bonds is 4. The lowest BCUT2D eigenvalue weighted by Crippen LogP contribution is -2.04. The molecular weight excluding hydrogens is 324 g/mol. The zero-order chi connectivity index (χ0) is 17.1. The molecule has 0 N–H and O–H groups in total. The molecule has 0 atom stereocenters.